The number of halogens is 4. The molecular formula is C22H18ClF3N6O. The highest BCUT2D eigenvalue weighted by atomic mass is 35.5. The molecule has 1 unspecified atom stereocenters. The Morgan fingerprint density at radius 3 is 2.67 bits per heavy atom. The molecule has 0 bridgehead atoms. The average molecular weight is 475 g/mol. The molecule has 2 heterocycles. The second kappa shape index (κ2) is 8.70. The molecule has 0 saturated heterocycles. The maximum atomic E-state index is 14.2. The zero-order valence-electron chi connectivity index (χ0n) is 17.5. The van der Waals surface area contributed by atoms with Gasteiger partial charge in [0.05, 0.1) is 27.7 Å². The molecule has 1 atom stereocenters. The molecular weight excluding hydrogens is 457 g/mol. The predicted octanol–water partition coefficient (Wildman–Crippen LogP) is 4.97. The Morgan fingerprint density at radius 1 is 1.18 bits per heavy atom. The van der Waals surface area contributed by atoms with Crippen LogP contribution in [-0.4, -0.2) is 19.5 Å². The van der Waals surface area contributed by atoms with Gasteiger partial charge in [-0.05, 0) is 44.2 Å². The first kappa shape index (κ1) is 22.5. The van der Waals surface area contributed by atoms with Crippen LogP contribution in [0.15, 0.2) is 47.4 Å². The summed E-state index contributed by atoms with van der Waals surface area (Å²) >= 11 is 6.24. The number of hydrogen-bond donors (Lipinski definition) is 2. The minimum Gasteiger partial charge on any atom is -0.368 e. The molecule has 3 N–H and O–H groups in total. The van der Waals surface area contributed by atoms with Gasteiger partial charge in [0.2, 0.25) is 5.95 Å². The van der Waals surface area contributed by atoms with E-state index in [9.17, 15) is 18.0 Å². The molecule has 0 radical (unpaired) electrons. The highest BCUT2D eigenvalue weighted by Gasteiger charge is 2.22. The van der Waals surface area contributed by atoms with E-state index in [4.69, 9.17) is 17.3 Å². The molecule has 7 nitrogen and oxygen atoms in total. The van der Waals surface area contributed by atoms with Crippen molar-refractivity contribution in [2.45, 2.75) is 26.3 Å². The quantitative estimate of drug-likeness (QED) is 0.424. The Balaban J connectivity index is 1.98. The van der Waals surface area contributed by atoms with Gasteiger partial charge in [-0.3, -0.25) is 9.36 Å². The molecule has 4 aromatic rings. The Morgan fingerprint density at radius 2 is 1.94 bits per heavy atom. The van der Waals surface area contributed by atoms with Crippen molar-refractivity contribution in [1.29, 1.82) is 0 Å². The summed E-state index contributed by atoms with van der Waals surface area (Å²) in [6.45, 7) is 3.45. The van der Waals surface area contributed by atoms with E-state index in [1.807, 2.05) is 0 Å². The van der Waals surface area contributed by atoms with Gasteiger partial charge in [-0.15, -0.1) is 0 Å². The molecule has 0 aliphatic rings. The fraction of sp³-hybridized carbons (Fsp3) is 0.182. The lowest BCUT2D eigenvalue weighted by molar-refractivity contribution is 0.151. The standard InChI is InChI=1S/C22H18ClF3N6O/c1-10-9-28-22(27)31-19(10)29-11(2)20-30-16-5-3-4-15(23)17(16)21(33)32(20)14-7-12(18(25)26)6-13(24)8-14/h3-9,11,18H,1-2H3,(H3,27,28,29,31). The van der Waals surface area contributed by atoms with Gasteiger partial charge in [0.15, 0.2) is 0 Å². The fourth-order valence-corrected chi connectivity index (χ4v) is 3.72. The molecule has 0 aliphatic heterocycles. The lowest BCUT2D eigenvalue weighted by Gasteiger charge is -2.21. The van der Waals surface area contributed by atoms with Crippen LogP contribution in [0.2, 0.25) is 5.02 Å². The number of alkyl halides is 2. The number of rotatable bonds is 5. The van der Waals surface area contributed by atoms with Gasteiger partial charge >= 0.3 is 0 Å². The number of nitrogens with two attached hydrogens (primary N) is 1. The van der Waals surface area contributed by atoms with E-state index >= 15 is 0 Å². The van der Waals surface area contributed by atoms with Crippen LogP contribution in [0.1, 0.15) is 36.3 Å². The molecule has 0 spiro atoms. The SMILES string of the molecule is Cc1cnc(N)nc1NC(C)c1nc2cccc(Cl)c2c(=O)n1-c1cc(F)cc(C(F)F)c1. The van der Waals surface area contributed by atoms with E-state index in [1.165, 1.54) is 12.3 Å². The van der Waals surface area contributed by atoms with Crippen LogP contribution in [0.4, 0.5) is 24.9 Å². The van der Waals surface area contributed by atoms with Crippen molar-refractivity contribution in [3.8, 4) is 5.69 Å². The summed E-state index contributed by atoms with van der Waals surface area (Å²) in [7, 11) is 0. The van der Waals surface area contributed by atoms with E-state index in [1.54, 1.807) is 26.0 Å². The van der Waals surface area contributed by atoms with Crippen molar-refractivity contribution in [1.82, 2.24) is 19.5 Å². The van der Waals surface area contributed by atoms with E-state index in [0.717, 1.165) is 22.8 Å². The summed E-state index contributed by atoms with van der Waals surface area (Å²) in [5.74, 6) is -0.343. The lowest BCUT2D eigenvalue weighted by Crippen LogP contribution is -2.28. The fourth-order valence-electron chi connectivity index (χ4n) is 3.47. The summed E-state index contributed by atoms with van der Waals surface area (Å²) in [6.07, 6.45) is -1.41. The Hall–Kier alpha value is -3.66. The summed E-state index contributed by atoms with van der Waals surface area (Å²) < 4.78 is 42.0. The van der Waals surface area contributed by atoms with Crippen LogP contribution in [0.5, 0.6) is 0 Å². The number of benzene rings is 2. The van der Waals surface area contributed by atoms with Gasteiger partial charge in [-0.25, -0.2) is 23.1 Å². The maximum absolute atomic E-state index is 14.2. The summed E-state index contributed by atoms with van der Waals surface area (Å²) in [6, 6.07) is 6.83. The minimum absolute atomic E-state index is 0.0395. The highest BCUT2D eigenvalue weighted by molar-refractivity contribution is 6.35. The first-order valence-electron chi connectivity index (χ1n) is 9.81. The van der Waals surface area contributed by atoms with Gasteiger partial charge in [-0.1, -0.05) is 17.7 Å². The number of anilines is 2. The highest BCUT2D eigenvalue weighted by Crippen LogP contribution is 2.28. The smallest absolute Gasteiger partial charge is 0.267 e. The van der Waals surface area contributed by atoms with Gasteiger partial charge in [0.1, 0.15) is 17.5 Å². The van der Waals surface area contributed by atoms with Crippen molar-refractivity contribution in [3.63, 3.8) is 0 Å². The van der Waals surface area contributed by atoms with Crippen molar-refractivity contribution in [3.05, 3.63) is 80.7 Å². The van der Waals surface area contributed by atoms with Crippen LogP contribution in [0, 0.1) is 12.7 Å². The van der Waals surface area contributed by atoms with Crippen molar-refractivity contribution in [2.24, 2.45) is 0 Å². The zero-order valence-corrected chi connectivity index (χ0v) is 18.2. The third-order valence-electron chi connectivity index (χ3n) is 5.02. The van der Waals surface area contributed by atoms with E-state index in [0.29, 0.717) is 16.9 Å². The van der Waals surface area contributed by atoms with Gasteiger partial charge in [0.25, 0.3) is 12.0 Å². The van der Waals surface area contributed by atoms with Crippen LogP contribution in [0.25, 0.3) is 16.6 Å². The number of nitrogens with one attached hydrogen (secondary N) is 1. The third-order valence-corrected chi connectivity index (χ3v) is 5.33. The summed E-state index contributed by atoms with van der Waals surface area (Å²) in [5.41, 5.74) is 5.36. The molecule has 0 saturated carbocycles. The molecule has 170 valence electrons. The Bertz CT molecular complexity index is 1430. The molecule has 11 heteroatoms. The first-order chi connectivity index (χ1) is 15.7. The van der Waals surface area contributed by atoms with Gasteiger partial charge in [-0.2, -0.15) is 4.98 Å². The number of hydrogen-bond acceptors (Lipinski definition) is 6. The lowest BCUT2D eigenvalue weighted by atomic mass is 10.1. The largest absolute Gasteiger partial charge is 0.368 e. The first-order valence-corrected chi connectivity index (χ1v) is 10.2. The maximum Gasteiger partial charge on any atom is 0.267 e. The van der Waals surface area contributed by atoms with E-state index in [-0.39, 0.29) is 27.9 Å². The monoisotopic (exact) mass is 474 g/mol. The van der Waals surface area contributed by atoms with Crippen LogP contribution >= 0.6 is 11.6 Å². The molecule has 0 aliphatic carbocycles. The Kier molecular flexibility index (Phi) is 5.94. The van der Waals surface area contributed by atoms with Crippen molar-refractivity contribution in [2.75, 3.05) is 11.1 Å². The normalized spacial score (nSPS) is 12.3. The van der Waals surface area contributed by atoms with Gasteiger partial charge in [0, 0.05) is 17.3 Å². The Labute approximate surface area is 191 Å². The van der Waals surface area contributed by atoms with Gasteiger partial charge < -0.3 is 11.1 Å². The molecule has 33 heavy (non-hydrogen) atoms. The van der Waals surface area contributed by atoms with Crippen molar-refractivity contribution >= 4 is 34.3 Å². The topological polar surface area (TPSA) is 98.7 Å². The second-order valence-electron chi connectivity index (χ2n) is 7.41. The summed E-state index contributed by atoms with van der Waals surface area (Å²) in [5, 5.41) is 3.33. The average Bonchev–Trinajstić information content (AvgIpc) is 2.75. The summed E-state index contributed by atoms with van der Waals surface area (Å²) in [4.78, 5) is 26.1. The molecule has 2 aromatic carbocycles. The third kappa shape index (κ3) is 4.34. The number of fused-ring (bicyclic) bond motifs is 1. The number of aryl methyl sites for hydroxylation is 1. The minimum atomic E-state index is -2.93. The molecule has 2 aromatic heterocycles. The molecule has 0 fully saturated rings. The predicted molar refractivity (Wildman–Crippen MR) is 120 cm³/mol. The van der Waals surface area contributed by atoms with Crippen LogP contribution < -0.4 is 16.6 Å². The number of aromatic nitrogens is 4. The molecule has 4 rings (SSSR count). The van der Waals surface area contributed by atoms with E-state index in [2.05, 4.69) is 20.3 Å². The zero-order chi connectivity index (χ0) is 23.9. The number of nitrogen functional groups attached to an aromatic ring is 1. The second-order valence-corrected chi connectivity index (χ2v) is 7.82. The van der Waals surface area contributed by atoms with E-state index < -0.39 is 29.4 Å². The number of nitrogens with zero attached hydrogens (tertiary/aromatic N) is 4. The molecule has 0 amide bonds. The van der Waals surface area contributed by atoms with Crippen LogP contribution in [0.3, 0.4) is 0 Å². The van der Waals surface area contributed by atoms with Crippen LogP contribution in [-0.2, 0) is 0 Å². The van der Waals surface area contributed by atoms with Crippen molar-refractivity contribution < 1.29 is 13.2 Å².